The van der Waals surface area contributed by atoms with Crippen LogP contribution < -0.4 is 14.4 Å². The van der Waals surface area contributed by atoms with Crippen LogP contribution in [0.1, 0.15) is 29.2 Å². The Morgan fingerprint density at radius 3 is 2.38 bits per heavy atom. The molecule has 0 bridgehead atoms. The van der Waals surface area contributed by atoms with Crippen molar-refractivity contribution in [1.29, 1.82) is 0 Å². The minimum absolute atomic E-state index is 0.0654. The van der Waals surface area contributed by atoms with Crippen molar-refractivity contribution in [3.63, 3.8) is 0 Å². The first-order valence-electron chi connectivity index (χ1n) is 11.3. The lowest BCUT2D eigenvalue weighted by Crippen LogP contribution is -2.26. The van der Waals surface area contributed by atoms with Gasteiger partial charge in [0.25, 0.3) is 5.91 Å². The SMILES string of the molecule is CCN(C1=NC(=O)/C(=C\c2ccc(OCc3ccc(C(F)(F)F)cc3C(F)(F)F)c(OC)c2)S1)c1cccs1. The maximum absolute atomic E-state index is 13.5. The van der Waals surface area contributed by atoms with Gasteiger partial charge in [-0.05, 0) is 72.1 Å². The number of amides is 1. The van der Waals surface area contributed by atoms with Crippen LogP contribution in [0.4, 0.5) is 31.3 Å². The zero-order valence-electron chi connectivity index (χ0n) is 20.4. The number of rotatable bonds is 7. The van der Waals surface area contributed by atoms with E-state index in [1.54, 1.807) is 12.1 Å². The topological polar surface area (TPSA) is 51.1 Å². The Bertz CT molecular complexity index is 1420. The quantitative estimate of drug-likeness (QED) is 0.208. The second-order valence-electron chi connectivity index (χ2n) is 8.07. The summed E-state index contributed by atoms with van der Waals surface area (Å²) < 4.78 is 90.0. The molecule has 0 aliphatic carbocycles. The number of anilines is 1. The summed E-state index contributed by atoms with van der Waals surface area (Å²) in [5.74, 6) is -0.175. The van der Waals surface area contributed by atoms with Crippen LogP contribution in [0, 0.1) is 0 Å². The molecule has 2 aromatic carbocycles. The monoisotopic (exact) mass is 586 g/mol. The summed E-state index contributed by atoms with van der Waals surface area (Å²) in [6.07, 6.45) is -8.32. The average Bonchev–Trinajstić information content (AvgIpc) is 3.53. The van der Waals surface area contributed by atoms with Crippen molar-refractivity contribution in [3.05, 3.63) is 81.1 Å². The number of thiophene rings is 1. The minimum Gasteiger partial charge on any atom is -0.493 e. The molecule has 206 valence electrons. The Hall–Kier alpha value is -3.45. The third kappa shape index (κ3) is 6.59. The fraction of sp³-hybridized carbons (Fsp3) is 0.231. The van der Waals surface area contributed by atoms with Crippen molar-refractivity contribution in [2.45, 2.75) is 25.9 Å². The van der Waals surface area contributed by atoms with Crippen molar-refractivity contribution in [3.8, 4) is 11.5 Å². The molecular weight excluding hydrogens is 566 g/mol. The van der Waals surface area contributed by atoms with E-state index in [1.165, 1.54) is 42.3 Å². The molecule has 0 N–H and O–H groups in total. The highest BCUT2D eigenvalue weighted by molar-refractivity contribution is 8.18. The predicted molar refractivity (Wildman–Crippen MR) is 139 cm³/mol. The zero-order valence-corrected chi connectivity index (χ0v) is 22.0. The van der Waals surface area contributed by atoms with E-state index >= 15 is 0 Å². The molecule has 4 rings (SSSR count). The Labute approximate surface area is 227 Å². The van der Waals surface area contributed by atoms with Crippen LogP contribution in [0.15, 0.2) is 63.8 Å². The smallest absolute Gasteiger partial charge is 0.416 e. The highest BCUT2D eigenvalue weighted by Crippen LogP contribution is 2.39. The third-order valence-corrected chi connectivity index (χ3v) is 7.44. The van der Waals surface area contributed by atoms with Crippen LogP contribution in [0.3, 0.4) is 0 Å². The third-order valence-electron chi connectivity index (χ3n) is 5.54. The molecule has 1 aromatic heterocycles. The molecule has 2 heterocycles. The molecule has 0 radical (unpaired) electrons. The number of nitrogens with zero attached hydrogens (tertiary/aromatic N) is 2. The zero-order chi connectivity index (χ0) is 28.4. The summed E-state index contributed by atoms with van der Waals surface area (Å²) >= 11 is 2.73. The fourth-order valence-corrected chi connectivity index (χ4v) is 5.51. The van der Waals surface area contributed by atoms with Gasteiger partial charge in [0.1, 0.15) is 6.61 Å². The van der Waals surface area contributed by atoms with E-state index in [1.807, 2.05) is 29.3 Å². The number of alkyl halides is 6. The summed E-state index contributed by atoms with van der Waals surface area (Å²) in [6.45, 7) is 1.91. The number of benzene rings is 2. The van der Waals surface area contributed by atoms with E-state index in [4.69, 9.17) is 9.47 Å². The number of thioether (sulfide) groups is 1. The van der Waals surface area contributed by atoms with Gasteiger partial charge in [0, 0.05) is 12.1 Å². The van der Waals surface area contributed by atoms with Gasteiger partial charge in [0.05, 0.1) is 28.1 Å². The Kier molecular flexibility index (Phi) is 8.31. The molecule has 13 heteroatoms. The molecule has 5 nitrogen and oxygen atoms in total. The number of halogens is 6. The molecule has 0 unspecified atom stereocenters. The van der Waals surface area contributed by atoms with E-state index in [2.05, 4.69) is 4.99 Å². The van der Waals surface area contributed by atoms with Crippen LogP contribution in [0.5, 0.6) is 11.5 Å². The summed E-state index contributed by atoms with van der Waals surface area (Å²) in [5, 5.41) is 3.41. The van der Waals surface area contributed by atoms with E-state index in [9.17, 15) is 31.1 Å². The minimum atomic E-state index is -5.01. The molecule has 0 atom stereocenters. The molecule has 1 aliphatic heterocycles. The van der Waals surface area contributed by atoms with Crippen LogP contribution >= 0.6 is 23.1 Å². The summed E-state index contributed by atoms with van der Waals surface area (Å²) in [5.41, 5.74) is -2.75. The molecule has 3 aromatic rings. The van der Waals surface area contributed by atoms with E-state index in [0.717, 1.165) is 11.1 Å². The van der Waals surface area contributed by atoms with Crippen LogP contribution in [-0.2, 0) is 23.8 Å². The first kappa shape index (κ1) is 28.6. The van der Waals surface area contributed by atoms with Crippen molar-refractivity contribution in [2.75, 3.05) is 18.6 Å². The highest BCUT2D eigenvalue weighted by Gasteiger charge is 2.38. The lowest BCUT2D eigenvalue weighted by molar-refractivity contribution is -0.143. The van der Waals surface area contributed by atoms with Gasteiger partial charge < -0.3 is 14.4 Å². The molecule has 0 fully saturated rings. The van der Waals surface area contributed by atoms with Crippen LogP contribution in [-0.4, -0.2) is 24.7 Å². The molecule has 0 saturated heterocycles. The standard InChI is InChI=1S/C26H20F6N2O3S2/c1-3-34(22-5-4-10-38-22)24-33-23(35)21(39-24)12-15-6-9-19(20(11-15)36-2)37-14-16-7-8-17(25(27,28)29)13-18(16)26(30,31)32/h4-13H,3,14H2,1-2H3/b21-12+. The summed E-state index contributed by atoms with van der Waals surface area (Å²) in [6, 6.07) is 9.76. The molecule has 0 spiro atoms. The first-order valence-corrected chi connectivity index (χ1v) is 13.0. The van der Waals surface area contributed by atoms with Crippen molar-refractivity contribution < 1.29 is 40.6 Å². The van der Waals surface area contributed by atoms with Gasteiger partial charge in [-0.3, -0.25) is 4.79 Å². The van der Waals surface area contributed by atoms with Gasteiger partial charge in [-0.1, -0.05) is 12.1 Å². The molecule has 0 saturated carbocycles. The maximum Gasteiger partial charge on any atom is 0.416 e. The van der Waals surface area contributed by atoms with Gasteiger partial charge in [-0.15, -0.1) is 11.3 Å². The number of aliphatic imine (C=N–C) groups is 1. The summed E-state index contributed by atoms with van der Waals surface area (Å²) in [7, 11) is 1.33. The molecule has 39 heavy (non-hydrogen) atoms. The first-order chi connectivity index (χ1) is 18.4. The lowest BCUT2D eigenvalue weighted by Gasteiger charge is -2.19. The summed E-state index contributed by atoms with van der Waals surface area (Å²) in [4.78, 5) is 19.0. The van der Waals surface area contributed by atoms with Gasteiger partial charge in [-0.25, -0.2) is 0 Å². The fourth-order valence-electron chi connectivity index (χ4n) is 3.66. The Morgan fingerprint density at radius 2 is 1.77 bits per heavy atom. The van der Waals surface area contributed by atoms with Crippen molar-refractivity contribution in [2.24, 2.45) is 4.99 Å². The lowest BCUT2D eigenvalue weighted by atomic mass is 10.0. The molecule has 1 aliphatic rings. The number of methoxy groups -OCH3 is 1. The van der Waals surface area contributed by atoms with Gasteiger partial charge in [0.15, 0.2) is 16.7 Å². The number of hydrogen-bond acceptors (Lipinski definition) is 6. The second kappa shape index (κ2) is 11.3. The predicted octanol–water partition coefficient (Wildman–Crippen LogP) is 7.87. The largest absolute Gasteiger partial charge is 0.493 e. The number of hydrogen-bond donors (Lipinski definition) is 0. The normalized spacial score (nSPS) is 15.0. The second-order valence-corrected chi connectivity index (χ2v) is 10.0. The number of carbonyl (C=O) groups excluding carboxylic acids is 1. The van der Waals surface area contributed by atoms with Crippen molar-refractivity contribution >= 4 is 45.3 Å². The van der Waals surface area contributed by atoms with Crippen LogP contribution in [0.2, 0.25) is 0 Å². The van der Waals surface area contributed by atoms with E-state index in [-0.39, 0.29) is 17.6 Å². The number of carbonyl (C=O) groups is 1. The highest BCUT2D eigenvalue weighted by atomic mass is 32.2. The van der Waals surface area contributed by atoms with Crippen molar-refractivity contribution in [1.82, 2.24) is 0 Å². The number of amidine groups is 1. The van der Waals surface area contributed by atoms with Gasteiger partial charge in [0.2, 0.25) is 0 Å². The maximum atomic E-state index is 13.5. The van der Waals surface area contributed by atoms with Gasteiger partial charge >= 0.3 is 12.4 Å². The Balaban J connectivity index is 1.52. The molecular formula is C26H20F6N2O3S2. The van der Waals surface area contributed by atoms with E-state index < -0.39 is 41.6 Å². The van der Waals surface area contributed by atoms with Gasteiger partial charge in [-0.2, -0.15) is 31.3 Å². The van der Waals surface area contributed by atoms with E-state index in [0.29, 0.717) is 28.2 Å². The average molecular weight is 587 g/mol. The molecule has 1 amide bonds. The Morgan fingerprint density at radius 1 is 1.00 bits per heavy atom. The van der Waals surface area contributed by atoms with Crippen LogP contribution in [0.25, 0.3) is 6.08 Å². The number of ether oxygens (including phenoxy) is 2.